The van der Waals surface area contributed by atoms with Gasteiger partial charge in [0.1, 0.15) is 9.81 Å². The second kappa shape index (κ2) is 6.78. The molecule has 1 saturated heterocycles. The Kier molecular flexibility index (Phi) is 5.37. The number of sulfonamides is 1. The molecule has 1 aliphatic rings. The topological polar surface area (TPSA) is 66.9 Å². The molecule has 1 amide bonds. The first kappa shape index (κ1) is 18.2. The van der Waals surface area contributed by atoms with Crippen molar-refractivity contribution in [3.8, 4) is 0 Å². The zero-order valence-corrected chi connectivity index (χ0v) is 15.7. The highest BCUT2D eigenvalue weighted by molar-refractivity contribution is 7.91. The molecule has 0 aromatic carbocycles. The Bertz CT molecular complexity index is 653. The molecule has 1 aliphatic heterocycles. The van der Waals surface area contributed by atoms with Crippen LogP contribution in [0.25, 0.3) is 0 Å². The van der Waals surface area contributed by atoms with Gasteiger partial charge in [-0.25, -0.2) is 13.2 Å². The van der Waals surface area contributed by atoms with Crippen molar-refractivity contribution in [3.63, 3.8) is 0 Å². The number of nitrogens with zero attached hydrogens (tertiary/aromatic N) is 2. The van der Waals surface area contributed by atoms with Gasteiger partial charge in [0.15, 0.2) is 0 Å². The number of thiophene rings is 1. The summed E-state index contributed by atoms with van der Waals surface area (Å²) in [6.07, 6.45) is 0.436. The molecule has 1 aromatic heterocycles. The fourth-order valence-corrected chi connectivity index (χ4v) is 5.12. The van der Waals surface area contributed by atoms with E-state index in [1.165, 1.54) is 15.6 Å². The fraction of sp³-hybridized carbons (Fsp3) is 0.667. The Morgan fingerprint density at radius 3 is 2.30 bits per heavy atom. The number of piperazine rings is 1. The minimum Gasteiger partial charge on any atom is -0.444 e. The van der Waals surface area contributed by atoms with Gasteiger partial charge in [0.2, 0.25) is 0 Å². The monoisotopic (exact) mass is 360 g/mol. The molecule has 0 unspecified atom stereocenters. The van der Waals surface area contributed by atoms with Gasteiger partial charge in [-0.3, -0.25) is 0 Å². The average Bonchev–Trinajstić information content (AvgIpc) is 2.95. The summed E-state index contributed by atoms with van der Waals surface area (Å²) in [4.78, 5) is 14.6. The van der Waals surface area contributed by atoms with Crippen molar-refractivity contribution in [1.29, 1.82) is 0 Å². The first-order chi connectivity index (χ1) is 10.6. The van der Waals surface area contributed by atoms with Crippen molar-refractivity contribution >= 4 is 27.5 Å². The van der Waals surface area contributed by atoms with Crippen LogP contribution in [0.5, 0.6) is 0 Å². The molecule has 0 atom stereocenters. The fourth-order valence-electron chi connectivity index (χ4n) is 2.25. The lowest BCUT2D eigenvalue weighted by Crippen LogP contribution is -2.51. The second-order valence-electron chi connectivity index (χ2n) is 6.45. The SMILES string of the molecule is CCc1ccc(S(=O)(=O)N2CCN(C(=O)OC(C)(C)C)CC2)s1. The summed E-state index contributed by atoms with van der Waals surface area (Å²) >= 11 is 1.31. The van der Waals surface area contributed by atoms with Gasteiger partial charge in [-0.05, 0) is 39.3 Å². The van der Waals surface area contributed by atoms with E-state index in [1.54, 1.807) is 11.0 Å². The van der Waals surface area contributed by atoms with Crippen LogP contribution in [-0.2, 0) is 21.2 Å². The van der Waals surface area contributed by atoms with Crippen LogP contribution < -0.4 is 0 Å². The van der Waals surface area contributed by atoms with Crippen LogP contribution in [0.1, 0.15) is 32.6 Å². The van der Waals surface area contributed by atoms with Crippen LogP contribution in [0.15, 0.2) is 16.3 Å². The standard InChI is InChI=1S/C15H24N2O4S2/c1-5-12-6-7-13(22-12)23(19,20)17-10-8-16(9-11-17)14(18)21-15(2,3)4/h6-7H,5,8-11H2,1-4H3. The van der Waals surface area contributed by atoms with Gasteiger partial charge in [0.25, 0.3) is 10.0 Å². The molecule has 6 nitrogen and oxygen atoms in total. The molecular weight excluding hydrogens is 336 g/mol. The molecule has 130 valence electrons. The largest absolute Gasteiger partial charge is 0.444 e. The third-order valence-corrected chi connectivity index (χ3v) is 7.07. The van der Waals surface area contributed by atoms with Crippen LogP contribution in [0.2, 0.25) is 0 Å². The van der Waals surface area contributed by atoms with Crippen molar-refractivity contribution < 1.29 is 17.9 Å². The molecule has 0 bridgehead atoms. The molecule has 8 heteroatoms. The maximum atomic E-state index is 12.6. The van der Waals surface area contributed by atoms with Gasteiger partial charge in [-0.2, -0.15) is 4.31 Å². The molecule has 0 spiro atoms. The predicted octanol–water partition coefficient (Wildman–Crippen LogP) is 2.55. The Balaban J connectivity index is 1.99. The van der Waals surface area contributed by atoms with Gasteiger partial charge >= 0.3 is 6.09 Å². The van der Waals surface area contributed by atoms with E-state index in [-0.39, 0.29) is 6.09 Å². The van der Waals surface area contributed by atoms with Crippen LogP contribution >= 0.6 is 11.3 Å². The first-order valence-corrected chi connectivity index (χ1v) is 9.96. The summed E-state index contributed by atoms with van der Waals surface area (Å²) in [5, 5.41) is 0. The molecule has 1 fully saturated rings. The third-order valence-electron chi connectivity index (χ3n) is 3.47. The smallest absolute Gasteiger partial charge is 0.410 e. The molecule has 0 aliphatic carbocycles. The Morgan fingerprint density at radius 1 is 1.22 bits per heavy atom. The summed E-state index contributed by atoms with van der Waals surface area (Å²) in [5.74, 6) is 0. The maximum absolute atomic E-state index is 12.6. The van der Waals surface area contributed by atoms with Crippen molar-refractivity contribution in [3.05, 3.63) is 17.0 Å². The number of aryl methyl sites for hydroxylation is 1. The molecule has 0 saturated carbocycles. The zero-order chi connectivity index (χ0) is 17.3. The van der Waals surface area contributed by atoms with Gasteiger partial charge in [0, 0.05) is 31.1 Å². The van der Waals surface area contributed by atoms with E-state index >= 15 is 0 Å². The summed E-state index contributed by atoms with van der Waals surface area (Å²) in [7, 11) is -3.46. The molecular formula is C15H24N2O4S2. The highest BCUT2D eigenvalue weighted by Crippen LogP contribution is 2.26. The van der Waals surface area contributed by atoms with E-state index < -0.39 is 15.6 Å². The van der Waals surface area contributed by atoms with Gasteiger partial charge in [-0.1, -0.05) is 6.92 Å². The van der Waals surface area contributed by atoms with Crippen molar-refractivity contribution in [2.24, 2.45) is 0 Å². The molecule has 2 heterocycles. The lowest BCUT2D eigenvalue weighted by molar-refractivity contribution is 0.0192. The van der Waals surface area contributed by atoms with E-state index in [4.69, 9.17) is 4.74 Å². The van der Waals surface area contributed by atoms with Crippen LogP contribution in [0.3, 0.4) is 0 Å². The van der Waals surface area contributed by atoms with Crippen LogP contribution in [0, 0.1) is 0 Å². The third kappa shape index (κ3) is 4.45. The number of amides is 1. The van der Waals surface area contributed by atoms with Crippen molar-refractivity contribution in [2.45, 2.75) is 43.9 Å². The van der Waals surface area contributed by atoms with E-state index in [0.29, 0.717) is 30.4 Å². The number of carbonyl (C=O) groups excluding carboxylic acids is 1. The normalized spacial score (nSPS) is 17.3. The highest BCUT2D eigenvalue weighted by Gasteiger charge is 2.32. The summed E-state index contributed by atoms with van der Waals surface area (Å²) in [6, 6.07) is 3.52. The van der Waals surface area contributed by atoms with E-state index in [2.05, 4.69) is 0 Å². The Morgan fingerprint density at radius 2 is 1.83 bits per heavy atom. The molecule has 0 radical (unpaired) electrons. The number of hydrogen-bond acceptors (Lipinski definition) is 5. The lowest BCUT2D eigenvalue weighted by Gasteiger charge is -2.34. The second-order valence-corrected chi connectivity index (χ2v) is 9.78. The zero-order valence-electron chi connectivity index (χ0n) is 14.0. The summed E-state index contributed by atoms with van der Waals surface area (Å²) < 4.78 is 32.4. The number of ether oxygens (including phenoxy) is 1. The van der Waals surface area contributed by atoms with Gasteiger partial charge in [-0.15, -0.1) is 11.3 Å². The highest BCUT2D eigenvalue weighted by atomic mass is 32.2. The van der Waals surface area contributed by atoms with Gasteiger partial charge in [0.05, 0.1) is 0 Å². The van der Waals surface area contributed by atoms with E-state index in [9.17, 15) is 13.2 Å². The minimum atomic E-state index is -3.46. The molecule has 23 heavy (non-hydrogen) atoms. The van der Waals surface area contributed by atoms with Gasteiger partial charge < -0.3 is 9.64 Å². The molecule has 0 N–H and O–H groups in total. The number of rotatable bonds is 3. The lowest BCUT2D eigenvalue weighted by atomic mass is 10.2. The van der Waals surface area contributed by atoms with E-state index in [0.717, 1.165) is 11.3 Å². The summed E-state index contributed by atoms with van der Waals surface area (Å²) in [5.41, 5.74) is -0.548. The number of hydrogen-bond donors (Lipinski definition) is 0. The first-order valence-electron chi connectivity index (χ1n) is 7.70. The van der Waals surface area contributed by atoms with Crippen molar-refractivity contribution in [1.82, 2.24) is 9.21 Å². The van der Waals surface area contributed by atoms with Crippen LogP contribution in [-0.4, -0.2) is 55.5 Å². The summed E-state index contributed by atoms with van der Waals surface area (Å²) in [6.45, 7) is 8.72. The maximum Gasteiger partial charge on any atom is 0.410 e. The number of carbonyl (C=O) groups is 1. The average molecular weight is 361 g/mol. The minimum absolute atomic E-state index is 0.293. The Hall–Kier alpha value is -1.12. The van der Waals surface area contributed by atoms with Crippen LogP contribution in [0.4, 0.5) is 4.79 Å². The predicted molar refractivity (Wildman–Crippen MR) is 90.3 cm³/mol. The van der Waals surface area contributed by atoms with Crippen molar-refractivity contribution in [2.75, 3.05) is 26.2 Å². The molecule has 2 rings (SSSR count). The van der Waals surface area contributed by atoms with E-state index in [1.807, 2.05) is 33.8 Å². The quantitative estimate of drug-likeness (QED) is 0.831. The Labute approximate surface area is 142 Å². The molecule has 1 aromatic rings.